The third-order valence-corrected chi connectivity index (χ3v) is 6.82. The van der Waals surface area contributed by atoms with Crippen LogP contribution >= 0.6 is 0 Å². The molecule has 1 heterocycles. The largest absolute Gasteiger partial charge is 0.494 e. The van der Waals surface area contributed by atoms with Gasteiger partial charge in [-0.25, -0.2) is 9.79 Å². The topological polar surface area (TPSA) is 100 Å². The number of benzene rings is 3. The highest BCUT2D eigenvalue weighted by molar-refractivity contribution is 7.87. The van der Waals surface area contributed by atoms with Crippen molar-refractivity contribution >= 4 is 28.1 Å². The molecule has 0 aromatic heterocycles. The van der Waals surface area contributed by atoms with Gasteiger partial charge in [0.2, 0.25) is 5.90 Å². The van der Waals surface area contributed by atoms with E-state index in [2.05, 4.69) is 11.9 Å². The number of rotatable bonds is 11. The normalized spacial score (nSPS) is 14.2. The molecule has 0 aliphatic carbocycles. The molecule has 1 aliphatic heterocycles. The quantitative estimate of drug-likeness (QED) is 0.135. The third-order valence-electron chi connectivity index (χ3n) is 5.57. The van der Waals surface area contributed by atoms with Crippen LogP contribution in [0.1, 0.15) is 43.4 Å². The Hall–Kier alpha value is -4.11. The minimum atomic E-state index is -4.06. The number of carbonyl (C=O) groups excluding carboxylic acids is 1. The van der Waals surface area contributed by atoms with Gasteiger partial charge in [0.1, 0.15) is 10.6 Å². The summed E-state index contributed by atoms with van der Waals surface area (Å²) < 4.78 is 47.5. The second kappa shape index (κ2) is 12.0. The Bertz CT molecular complexity index is 1460. The lowest BCUT2D eigenvalue weighted by Crippen LogP contribution is -2.11. The van der Waals surface area contributed by atoms with E-state index >= 15 is 0 Å². The van der Waals surface area contributed by atoms with E-state index in [1.165, 1.54) is 18.2 Å². The van der Waals surface area contributed by atoms with Crippen molar-refractivity contribution in [3.63, 3.8) is 0 Å². The van der Waals surface area contributed by atoms with Gasteiger partial charge in [-0.1, -0.05) is 37.1 Å². The molecule has 0 spiro atoms. The standard InChI is InChI=1S/C29H29NO7S/c1-4-6-17-35-23-12-10-22(11-13-23)28-30-25(29(31)36-28)18-21-9-16-26(27(19-21)34-5-2)37-38(32,33)24-14-7-20(3)8-15-24/h7-16,18-19H,4-6,17H2,1-3H3/b25-18+. The SMILES string of the molecule is CCCCOc1ccc(C2=N/C(=C/c3ccc(OS(=O)(=O)c4ccc(C)cc4)c(OCC)c3)C(=O)O2)cc1. The molecular formula is C29H29NO7S. The fourth-order valence-electron chi connectivity index (χ4n) is 3.54. The first-order valence-corrected chi connectivity index (χ1v) is 13.7. The van der Waals surface area contributed by atoms with Crippen molar-refractivity contribution < 1.29 is 31.6 Å². The zero-order valence-electron chi connectivity index (χ0n) is 21.5. The minimum absolute atomic E-state index is 0.0351. The lowest BCUT2D eigenvalue weighted by atomic mass is 10.1. The highest BCUT2D eigenvalue weighted by Gasteiger charge is 2.25. The predicted octanol–water partition coefficient (Wildman–Crippen LogP) is 5.68. The molecule has 0 unspecified atom stereocenters. The summed E-state index contributed by atoms with van der Waals surface area (Å²) in [6.07, 6.45) is 3.56. The van der Waals surface area contributed by atoms with E-state index in [9.17, 15) is 13.2 Å². The van der Waals surface area contributed by atoms with E-state index in [0.717, 1.165) is 24.2 Å². The van der Waals surface area contributed by atoms with Gasteiger partial charge in [0.25, 0.3) is 0 Å². The van der Waals surface area contributed by atoms with Crippen LogP contribution in [0.15, 0.2) is 82.3 Å². The molecule has 4 rings (SSSR count). The molecular weight excluding hydrogens is 506 g/mol. The van der Waals surface area contributed by atoms with Gasteiger partial charge in [-0.3, -0.25) is 0 Å². The molecule has 1 aliphatic rings. The molecule has 9 heteroatoms. The van der Waals surface area contributed by atoms with Crippen LogP contribution in [0.3, 0.4) is 0 Å². The summed E-state index contributed by atoms with van der Waals surface area (Å²) in [5.74, 6) is 0.581. The molecule has 0 saturated heterocycles. The van der Waals surface area contributed by atoms with Crippen LogP contribution in [0.25, 0.3) is 6.08 Å². The number of hydrogen-bond acceptors (Lipinski definition) is 8. The number of hydrogen-bond donors (Lipinski definition) is 0. The maximum atomic E-state index is 12.8. The van der Waals surface area contributed by atoms with Gasteiger partial charge in [0.15, 0.2) is 17.2 Å². The molecule has 3 aromatic carbocycles. The van der Waals surface area contributed by atoms with Gasteiger partial charge in [-0.15, -0.1) is 0 Å². The Kier molecular flexibility index (Phi) is 8.48. The number of esters is 1. The van der Waals surface area contributed by atoms with Gasteiger partial charge in [-0.2, -0.15) is 8.42 Å². The molecule has 0 radical (unpaired) electrons. The highest BCUT2D eigenvalue weighted by Crippen LogP contribution is 2.32. The van der Waals surface area contributed by atoms with Gasteiger partial charge in [-0.05, 0) is 80.4 Å². The van der Waals surface area contributed by atoms with Crippen molar-refractivity contribution in [3.8, 4) is 17.2 Å². The molecule has 0 saturated carbocycles. The second-order valence-electron chi connectivity index (χ2n) is 8.55. The average Bonchev–Trinajstić information content (AvgIpc) is 3.26. The molecule has 8 nitrogen and oxygen atoms in total. The van der Waals surface area contributed by atoms with Crippen molar-refractivity contribution in [1.29, 1.82) is 0 Å². The summed E-state index contributed by atoms with van der Waals surface area (Å²) in [4.78, 5) is 16.9. The van der Waals surface area contributed by atoms with E-state index in [-0.39, 0.29) is 34.6 Å². The highest BCUT2D eigenvalue weighted by atomic mass is 32.2. The first-order valence-electron chi connectivity index (χ1n) is 12.3. The molecule has 198 valence electrons. The number of aryl methyl sites for hydroxylation is 1. The molecule has 0 bridgehead atoms. The zero-order chi connectivity index (χ0) is 27.1. The monoisotopic (exact) mass is 535 g/mol. The first-order chi connectivity index (χ1) is 18.3. The maximum Gasteiger partial charge on any atom is 0.363 e. The summed E-state index contributed by atoms with van der Waals surface area (Å²) in [6, 6.07) is 18.2. The number of cyclic esters (lactones) is 1. The number of ether oxygens (including phenoxy) is 3. The molecule has 0 fully saturated rings. The summed E-state index contributed by atoms with van der Waals surface area (Å²) in [6.45, 7) is 6.66. The summed E-state index contributed by atoms with van der Waals surface area (Å²) in [7, 11) is -4.06. The van der Waals surface area contributed by atoms with Gasteiger partial charge < -0.3 is 18.4 Å². The molecule has 0 N–H and O–H groups in total. The van der Waals surface area contributed by atoms with Gasteiger partial charge >= 0.3 is 16.1 Å². The Morgan fingerprint density at radius 2 is 1.66 bits per heavy atom. The second-order valence-corrected chi connectivity index (χ2v) is 10.1. The Balaban J connectivity index is 1.54. The fourth-order valence-corrected chi connectivity index (χ4v) is 4.48. The van der Waals surface area contributed by atoms with Crippen molar-refractivity contribution in [2.24, 2.45) is 4.99 Å². The van der Waals surface area contributed by atoms with Crippen molar-refractivity contribution in [1.82, 2.24) is 0 Å². The Morgan fingerprint density at radius 3 is 2.34 bits per heavy atom. The van der Waals surface area contributed by atoms with Crippen molar-refractivity contribution in [2.45, 2.75) is 38.5 Å². The number of nitrogens with zero attached hydrogens (tertiary/aromatic N) is 1. The number of carbonyl (C=O) groups is 1. The Labute approximate surface area is 222 Å². The summed E-state index contributed by atoms with van der Waals surface area (Å²) >= 11 is 0. The summed E-state index contributed by atoms with van der Waals surface area (Å²) in [5.41, 5.74) is 2.24. The fraction of sp³-hybridized carbons (Fsp3) is 0.241. The van der Waals surface area contributed by atoms with E-state index < -0.39 is 16.1 Å². The third kappa shape index (κ3) is 6.60. The lowest BCUT2D eigenvalue weighted by molar-refractivity contribution is -0.129. The van der Waals surface area contributed by atoms with Crippen LogP contribution in [0, 0.1) is 6.92 Å². The zero-order valence-corrected chi connectivity index (χ0v) is 22.3. The lowest BCUT2D eigenvalue weighted by Gasteiger charge is -2.12. The predicted molar refractivity (Wildman–Crippen MR) is 144 cm³/mol. The van der Waals surface area contributed by atoms with Crippen molar-refractivity contribution in [2.75, 3.05) is 13.2 Å². The van der Waals surface area contributed by atoms with E-state index in [1.807, 2.05) is 6.92 Å². The summed E-state index contributed by atoms with van der Waals surface area (Å²) in [5, 5.41) is 0. The van der Waals surface area contributed by atoms with Crippen LogP contribution in [0.2, 0.25) is 0 Å². The average molecular weight is 536 g/mol. The van der Waals surface area contributed by atoms with Crippen LogP contribution in [-0.4, -0.2) is 33.5 Å². The van der Waals surface area contributed by atoms with E-state index in [4.69, 9.17) is 18.4 Å². The molecule has 0 amide bonds. The minimum Gasteiger partial charge on any atom is -0.494 e. The number of unbranched alkanes of at least 4 members (excludes halogenated alkanes) is 1. The smallest absolute Gasteiger partial charge is 0.363 e. The van der Waals surface area contributed by atoms with Crippen LogP contribution < -0.4 is 13.7 Å². The van der Waals surface area contributed by atoms with Crippen LogP contribution in [0.5, 0.6) is 17.2 Å². The van der Waals surface area contributed by atoms with Crippen LogP contribution in [-0.2, 0) is 19.6 Å². The molecule has 38 heavy (non-hydrogen) atoms. The maximum absolute atomic E-state index is 12.8. The van der Waals surface area contributed by atoms with Crippen LogP contribution in [0.4, 0.5) is 0 Å². The van der Waals surface area contributed by atoms with Gasteiger partial charge in [0.05, 0.1) is 13.2 Å². The molecule has 0 atom stereocenters. The van der Waals surface area contributed by atoms with E-state index in [0.29, 0.717) is 17.7 Å². The molecule has 3 aromatic rings. The van der Waals surface area contributed by atoms with E-state index in [1.54, 1.807) is 61.5 Å². The Morgan fingerprint density at radius 1 is 0.921 bits per heavy atom. The van der Waals surface area contributed by atoms with Gasteiger partial charge in [0, 0.05) is 5.56 Å². The van der Waals surface area contributed by atoms with Crippen molar-refractivity contribution in [3.05, 3.63) is 89.1 Å². The first kappa shape index (κ1) is 26.9. The number of aliphatic imine (C=N–C) groups is 1.